The maximum absolute atomic E-state index is 13.8. The monoisotopic (exact) mass is 468 g/mol. The molecule has 0 saturated heterocycles. The molecule has 30 heavy (non-hydrogen) atoms. The zero-order valence-electron chi connectivity index (χ0n) is 18.4. The molecular weight excluding hydrogens is 436 g/mol. The van der Waals surface area contributed by atoms with E-state index >= 15 is 0 Å². The van der Waals surface area contributed by atoms with Crippen LogP contribution in [0.25, 0.3) is 0 Å². The first kappa shape index (κ1) is 27.4. The molecule has 0 radical (unpaired) electrons. The van der Waals surface area contributed by atoms with Gasteiger partial charge in [-0.3, -0.25) is 0 Å². The lowest BCUT2D eigenvalue weighted by Crippen LogP contribution is -2.48. The Morgan fingerprint density at radius 1 is 1.00 bits per heavy atom. The highest BCUT2D eigenvalue weighted by Crippen LogP contribution is 2.32. The van der Waals surface area contributed by atoms with Crippen molar-refractivity contribution in [1.29, 1.82) is 0 Å². The topological polar surface area (TPSA) is 61.8 Å². The Balaban J connectivity index is 3.20. The van der Waals surface area contributed by atoms with Gasteiger partial charge in [-0.2, -0.15) is 21.6 Å². The minimum Gasteiger partial charge on any atom is -0.475 e. The predicted octanol–water partition coefficient (Wildman–Crippen LogP) is 5.31. The summed E-state index contributed by atoms with van der Waals surface area (Å²) < 4.78 is 82.3. The molecule has 0 spiro atoms. The number of hydrogen-bond donors (Lipinski definition) is 0. The van der Waals surface area contributed by atoms with Crippen molar-refractivity contribution in [3.05, 3.63) is 29.8 Å². The van der Waals surface area contributed by atoms with E-state index in [9.17, 15) is 21.6 Å². The van der Waals surface area contributed by atoms with Gasteiger partial charge in [0.05, 0.1) is 4.90 Å². The molecule has 5 nitrogen and oxygen atoms in total. The molecule has 0 aliphatic rings. The third-order valence-electron chi connectivity index (χ3n) is 4.24. The van der Waals surface area contributed by atoms with Crippen molar-refractivity contribution in [2.45, 2.75) is 75.6 Å². The number of aryl methyl sites for hydroxylation is 1. The summed E-state index contributed by atoms with van der Waals surface area (Å²) in [5.74, 6) is 0.480. The summed E-state index contributed by atoms with van der Waals surface area (Å²) in [5, 5.41) is 1.30. The highest BCUT2D eigenvalue weighted by atomic mass is 32.2. The van der Waals surface area contributed by atoms with Gasteiger partial charge in [-0.25, -0.2) is 4.18 Å². The van der Waals surface area contributed by atoms with Gasteiger partial charge < -0.3 is 8.53 Å². The molecule has 1 rings (SSSR count). The fraction of sp³-hybridized carbons (Fsp3) is 0.700. The van der Waals surface area contributed by atoms with Gasteiger partial charge in [-0.15, -0.1) is 0 Å². The van der Waals surface area contributed by atoms with E-state index in [4.69, 9.17) is 8.53 Å². The molecule has 0 aliphatic heterocycles. The Kier molecular flexibility index (Phi) is 10.8. The molecule has 0 bridgehead atoms. The van der Waals surface area contributed by atoms with Crippen LogP contribution in [-0.4, -0.2) is 48.1 Å². The fourth-order valence-corrected chi connectivity index (χ4v) is 7.13. The average Bonchev–Trinajstić information content (AvgIpc) is 2.57. The molecule has 0 heterocycles. The second-order valence-corrected chi connectivity index (χ2v) is 12.2. The van der Waals surface area contributed by atoms with E-state index in [1.165, 1.54) is 31.2 Å². The fourth-order valence-electron chi connectivity index (χ4n) is 2.96. The normalized spacial score (nSPS) is 14.9. The maximum Gasteiger partial charge on any atom is 0.463 e. The van der Waals surface area contributed by atoms with Gasteiger partial charge in [-0.05, 0) is 26.0 Å². The average molecular weight is 469 g/mol. The van der Waals surface area contributed by atoms with Crippen LogP contribution in [0.4, 0.5) is 13.2 Å². The van der Waals surface area contributed by atoms with Crippen LogP contribution in [0.3, 0.4) is 0 Å². The second-order valence-electron chi connectivity index (χ2n) is 8.17. The first-order valence-electron chi connectivity index (χ1n) is 10.1. The standard InChI is InChI=1S/C12H14F3O5S.2C4H9.Al/c1-3-19-11(16)10(12(13,14)15)20-21(17,18)9-6-4-8(2)5-7-9;2*1-4(2)3;/h4-7,10-11H,3H2,1-2H3;2*4H,1H2,2-3H3;/q-1;;;+1/t10-,11-;;;/m1.../s1. The van der Waals surface area contributed by atoms with Crippen LogP contribution in [0.15, 0.2) is 29.2 Å². The van der Waals surface area contributed by atoms with Crippen molar-refractivity contribution in [3.8, 4) is 0 Å². The smallest absolute Gasteiger partial charge is 0.463 e. The van der Waals surface area contributed by atoms with Crippen LogP contribution in [-0.2, 0) is 22.8 Å². The van der Waals surface area contributed by atoms with E-state index in [0.717, 1.165) is 5.56 Å². The maximum atomic E-state index is 13.8. The lowest BCUT2D eigenvalue weighted by Gasteiger charge is -2.31. The molecular formula is C20H32AlF3O5S. The molecule has 2 atom stereocenters. The lowest BCUT2D eigenvalue weighted by molar-refractivity contribution is -0.261. The van der Waals surface area contributed by atoms with E-state index in [1.807, 2.05) is 27.7 Å². The van der Waals surface area contributed by atoms with Crippen molar-refractivity contribution < 1.29 is 34.3 Å². The number of alkyl halides is 3. The van der Waals surface area contributed by atoms with E-state index < -0.39 is 43.2 Å². The summed E-state index contributed by atoms with van der Waals surface area (Å²) in [5.41, 5.74) is 0.771. The zero-order valence-corrected chi connectivity index (χ0v) is 20.4. The second kappa shape index (κ2) is 11.8. The Morgan fingerprint density at radius 3 is 1.90 bits per heavy atom. The lowest BCUT2D eigenvalue weighted by atomic mass is 10.2. The van der Waals surface area contributed by atoms with E-state index in [1.54, 1.807) is 6.92 Å². The van der Waals surface area contributed by atoms with Crippen molar-refractivity contribution >= 4 is 24.6 Å². The summed E-state index contributed by atoms with van der Waals surface area (Å²) in [6.07, 6.45) is -9.59. The molecule has 10 heteroatoms. The summed E-state index contributed by atoms with van der Waals surface area (Å²) in [7, 11) is -4.67. The Morgan fingerprint density at radius 2 is 1.50 bits per heavy atom. The number of halogens is 3. The zero-order chi connectivity index (χ0) is 23.1. The van der Waals surface area contributed by atoms with Gasteiger partial charge in [0.2, 0.25) is 6.10 Å². The van der Waals surface area contributed by atoms with Crippen molar-refractivity contribution in [2.75, 3.05) is 6.61 Å². The molecule has 0 fully saturated rings. The predicted molar refractivity (Wildman–Crippen MR) is 111 cm³/mol. The van der Waals surface area contributed by atoms with Crippen molar-refractivity contribution in [2.24, 2.45) is 11.8 Å². The van der Waals surface area contributed by atoms with Crippen molar-refractivity contribution in [3.63, 3.8) is 0 Å². The molecule has 0 amide bonds. The third-order valence-corrected chi connectivity index (χ3v) is 9.14. The quantitative estimate of drug-likeness (QED) is 0.236. The number of benzene rings is 1. The summed E-state index contributed by atoms with van der Waals surface area (Å²) in [6.45, 7) is 11.1. The van der Waals surface area contributed by atoms with Gasteiger partial charge >= 0.3 is 20.7 Å². The number of ether oxygens (including phenoxy) is 1. The van der Waals surface area contributed by atoms with Crippen LogP contribution in [0.2, 0.25) is 10.6 Å². The summed E-state index contributed by atoms with van der Waals surface area (Å²) in [6, 6.07) is 5.40. The van der Waals surface area contributed by atoms with Gasteiger partial charge in [0.15, 0.2) is 6.29 Å². The van der Waals surface area contributed by atoms with E-state index in [0.29, 0.717) is 10.6 Å². The third kappa shape index (κ3) is 9.25. The summed E-state index contributed by atoms with van der Waals surface area (Å²) >= 11 is -2.12. The highest BCUT2D eigenvalue weighted by Gasteiger charge is 2.51. The molecule has 0 aliphatic carbocycles. The van der Waals surface area contributed by atoms with Crippen molar-refractivity contribution in [1.82, 2.24) is 0 Å². The van der Waals surface area contributed by atoms with Crippen LogP contribution < -0.4 is 0 Å². The molecule has 0 saturated carbocycles. The van der Waals surface area contributed by atoms with Gasteiger partial charge in [0, 0.05) is 6.61 Å². The Hall–Kier alpha value is -0.628. The minimum absolute atomic E-state index is 0.0737. The van der Waals surface area contributed by atoms with Crippen LogP contribution >= 0.6 is 0 Å². The molecule has 1 aromatic carbocycles. The SMILES string of the molecule is CCO[C@@H]([O][Al]([CH2]C(C)C)[CH2]C(C)C)[C@@H](OS(=O)(=O)c1ccc(C)cc1)C(F)(F)F. The molecule has 172 valence electrons. The molecule has 0 N–H and O–H groups in total. The first-order valence-corrected chi connectivity index (χ1v) is 13.6. The van der Waals surface area contributed by atoms with Gasteiger partial charge in [0.1, 0.15) is 0 Å². The molecule has 1 aromatic rings. The minimum atomic E-state index is -4.99. The molecule has 0 unspecified atom stereocenters. The number of hydrogen-bond acceptors (Lipinski definition) is 5. The van der Waals surface area contributed by atoms with Crippen LogP contribution in [0.1, 0.15) is 40.2 Å². The summed E-state index contributed by atoms with van der Waals surface area (Å²) in [4.78, 5) is -0.351. The van der Waals surface area contributed by atoms with Crippen LogP contribution in [0.5, 0.6) is 0 Å². The van der Waals surface area contributed by atoms with Gasteiger partial charge in [0.25, 0.3) is 10.1 Å². The van der Waals surface area contributed by atoms with E-state index in [-0.39, 0.29) is 23.3 Å². The first-order chi connectivity index (χ1) is 13.8. The van der Waals surface area contributed by atoms with Crippen LogP contribution in [0, 0.1) is 18.8 Å². The Labute approximate surface area is 182 Å². The van der Waals surface area contributed by atoms with Gasteiger partial charge in [-0.1, -0.05) is 67.8 Å². The Bertz CT molecular complexity index is 726. The van der Waals surface area contributed by atoms with E-state index in [2.05, 4.69) is 4.18 Å². The largest absolute Gasteiger partial charge is 0.475 e. The highest BCUT2D eigenvalue weighted by molar-refractivity contribution is 7.86. The number of rotatable bonds is 12. The molecule has 0 aromatic heterocycles.